The van der Waals surface area contributed by atoms with Crippen LogP contribution in [0.5, 0.6) is 5.75 Å². The lowest BCUT2D eigenvalue weighted by molar-refractivity contribution is -0.116. The van der Waals surface area contributed by atoms with E-state index in [0.717, 1.165) is 5.69 Å². The molecule has 0 aromatic heterocycles. The zero-order chi connectivity index (χ0) is 21.7. The van der Waals surface area contributed by atoms with Gasteiger partial charge in [0.2, 0.25) is 0 Å². The Morgan fingerprint density at radius 3 is 2.17 bits per heavy atom. The minimum Gasteiger partial charge on any atom is -0.410 e. The Morgan fingerprint density at radius 2 is 1.53 bits per heavy atom. The molecule has 0 spiro atoms. The van der Waals surface area contributed by atoms with Gasteiger partial charge in [0, 0.05) is 23.8 Å². The van der Waals surface area contributed by atoms with E-state index in [1.54, 1.807) is 38.1 Å². The summed E-state index contributed by atoms with van der Waals surface area (Å²) in [5, 5.41) is 8.26. The van der Waals surface area contributed by atoms with Crippen LogP contribution in [-0.4, -0.2) is 36.2 Å². The Morgan fingerprint density at radius 1 is 0.933 bits per heavy atom. The number of nitrogens with zero attached hydrogens (tertiary/aromatic N) is 3. The van der Waals surface area contributed by atoms with E-state index >= 15 is 0 Å². The molecule has 2 aromatic rings. The van der Waals surface area contributed by atoms with Gasteiger partial charge in [0.25, 0.3) is 0 Å². The van der Waals surface area contributed by atoms with Gasteiger partial charge in [0.05, 0.1) is 17.9 Å². The molecule has 0 saturated heterocycles. The van der Waals surface area contributed by atoms with Gasteiger partial charge < -0.3 is 9.64 Å². The molecule has 0 heterocycles. The summed E-state index contributed by atoms with van der Waals surface area (Å²) in [4.78, 5) is 37.9. The number of likely N-dealkylation sites (N-methyl/N-ethyl adjacent to an activating group) is 1. The zero-order valence-electron chi connectivity index (χ0n) is 17.0. The highest BCUT2D eigenvalue weighted by atomic mass is 16.6. The van der Waals surface area contributed by atoms with Crippen LogP contribution in [0.1, 0.15) is 13.8 Å². The second-order valence-electron chi connectivity index (χ2n) is 6.88. The van der Waals surface area contributed by atoms with Crippen LogP contribution in [0.2, 0.25) is 0 Å². The topological polar surface area (TPSA) is 88.4 Å². The van der Waals surface area contributed by atoms with Crippen LogP contribution in [0.3, 0.4) is 0 Å². The number of hydrogen-bond acceptors (Lipinski definition) is 6. The van der Waals surface area contributed by atoms with Crippen molar-refractivity contribution in [2.24, 2.45) is 10.2 Å². The van der Waals surface area contributed by atoms with Gasteiger partial charge in [0.1, 0.15) is 5.75 Å². The Balaban J connectivity index is 1.61. The molecule has 0 fully saturated rings. The van der Waals surface area contributed by atoms with Gasteiger partial charge >= 0.3 is 6.09 Å². The Hall–Kier alpha value is -3.87. The fourth-order valence-corrected chi connectivity index (χ4v) is 2.83. The predicted octanol–water partition coefficient (Wildman–Crippen LogP) is 4.95. The van der Waals surface area contributed by atoms with E-state index in [2.05, 4.69) is 10.2 Å². The largest absolute Gasteiger partial charge is 0.415 e. The van der Waals surface area contributed by atoms with Crippen molar-refractivity contribution in [3.05, 3.63) is 77.4 Å². The molecule has 0 atom stereocenters. The lowest BCUT2D eigenvalue weighted by atomic mass is 9.91. The first-order valence-electron chi connectivity index (χ1n) is 9.32. The first kappa shape index (κ1) is 20.9. The van der Waals surface area contributed by atoms with Gasteiger partial charge in [-0.1, -0.05) is 18.2 Å². The predicted molar refractivity (Wildman–Crippen MR) is 112 cm³/mol. The van der Waals surface area contributed by atoms with Crippen LogP contribution >= 0.6 is 0 Å². The van der Waals surface area contributed by atoms with Gasteiger partial charge in [0.15, 0.2) is 11.6 Å². The lowest BCUT2D eigenvalue weighted by Crippen LogP contribution is -2.34. The van der Waals surface area contributed by atoms with Crippen molar-refractivity contribution in [3.63, 3.8) is 0 Å². The Bertz CT molecular complexity index is 1070. The molecule has 1 aliphatic carbocycles. The molecule has 30 heavy (non-hydrogen) atoms. The van der Waals surface area contributed by atoms with Crippen molar-refractivity contribution in [2.45, 2.75) is 13.8 Å². The summed E-state index contributed by atoms with van der Waals surface area (Å²) in [5.41, 5.74) is 2.40. The number of ether oxygens (including phenoxy) is 1. The van der Waals surface area contributed by atoms with Crippen LogP contribution in [0.25, 0.3) is 0 Å². The van der Waals surface area contributed by atoms with Crippen molar-refractivity contribution >= 4 is 29.0 Å². The summed E-state index contributed by atoms with van der Waals surface area (Å²) >= 11 is 0. The third kappa shape index (κ3) is 4.94. The summed E-state index contributed by atoms with van der Waals surface area (Å²) in [5.74, 6) is -0.123. The van der Waals surface area contributed by atoms with Crippen LogP contribution in [0, 0.1) is 0 Å². The van der Waals surface area contributed by atoms with Gasteiger partial charge in [-0.25, -0.2) is 4.79 Å². The Kier molecular flexibility index (Phi) is 6.32. The fourth-order valence-electron chi connectivity index (χ4n) is 2.83. The van der Waals surface area contributed by atoms with E-state index in [1.807, 2.05) is 30.3 Å². The van der Waals surface area contributed by atoms with Gasteiger partial charge in [-0.3, -0.25) is 9.59 Å². The average Bonchev–Trinajstić information content (AvgIpc) is 2.75. The summed E-state index contributed by atoms with van der Waals surface area (Å²) in [7, 11) is 1.51. The minimum atomic E-state index is -0.638. The SMILES string of the molecule is CC1=CC(=O)C(CN(C)C(=O)Oc2ccc(N=Nc3ccccc3)cc2)=C(C)C1=O. The summed E-state index contributed by atoms with van der Waals surface area (Å²) in [6.45, 7) is 3.18. The molecule has 0 saturated carbocycles. The minimum absolute atomic E-state index is 0.0115. The van der Waals surface area contributed by atoms with E-state index in [-0.39, 0.29) is 18.1 Å². The zero-order valence-corrected chi connectivity index (χ0v) is 17.0. The number of benzene rings is 2. The lowest BCUT2D eigenvalue weighted by Gasteiger charge is -2.21. The third-order valence-electron chi connectivity index (χ3n) is 4.58. The quantitative estimate of drug-likeness (QED) is 0.522. The van der Waals surface area contributed by atoms with Gasteiger partial charge in [-0.15, -0.1) is 0 Å². The summed E-state index contributed by atoms with van der Waals surface area (Å²) < 4.78 is 5.33. The van der Waals surface area contributed by atoms with Crippen LogP contribution in [0.15, 0.2) is 87.6 Å². The smallest absolute Gasteiger partial charge is 0.410 e. The first-order chi connectivity index (χ1) is 14.3. The Labute approximate surface area is 174 Å². The molecule has 0 bridgehead atoms. The molecule has 152 valence electrons. The third-order valence-corrected chi connectivity index (χ3v) is 4.58. The fraction of sp³-hybridized carbons (Fsp3) is 0.174. The molecule has 1 aliphatic rings. The van der Waals surface area contributed by atoms with Crippen molar-refractivity contribution < 1.29 is 19.1 Å². The van der Waals surface area contributed by atoms with E-state index in [0.29, 0.717) is 28.2 Å². The number of allylic oxidation sites excluding steroid dienone is 3. The molecular weight excluding hydrogens is 382 g/mol. The van der Waals surface area contributed by atoms with Gasteiger partial charge in [-0.05, 0) is 56.3 Å². The monoisotopic (exact) mass is 403 g/mol. The maximum Gasteiger partial charge on any atom is 0.415 e. The van der Waals surface area contributed by atoms with Crippen LogP contribution in [-0.2, 0) is 9.59 Å². The van der Waals surface area contributed by atoms with E-state index < -0.39 is 6.09 Å². The maximum atomic E-state index is 12.4. The maximum absolute atomic E-state index is 12.4. The molecule has 0 N–H and O–H groups in total. The molecule has 7 nitrogen and oxygen atoms in total. The molecule has 0 aliphatic heterocycles. The molecule has 7 heteroatoms. The molecule has 0 radical (unpaired) electrons. The van der Waals surface area contributed by atoms with E-state index in [1.165, 1.54) is 18.0 Å². The number of carbonyl (C=O) groups excluding carboxylic acids is 3. The molecule has 2 aromatic carbocycles. The standard InChI is InChI=1S/C23H21N3O4/c1-15-13-21(27)20(16(2)22(15)28)14-26(3)23(29)30-19-11-9-18(10-12-19)25-24-17-7-5-4-6-8-17/h4-13H,14H2,1-3H3. The second kappa shape index (κ2) is 9.09. The van der Waals surface area contributed by atoms with Gasteiger partial charge in [-0.2, -0.15) is 10.2 Å². The first-order valence-corrected chi connectivity index (χ1v) is 9.32. The molecule has 1 amide bonds. The van der Waals surface area contributed by atoms with Crippen LogP contribution < -0.4 is 4.74 Å². The highest BCUT2D eigenvalue weighted by Crippen LogP contribution is 2.22. The average molecular weight is 403 g/mol. The van der Waals surface area contributed by atoms with Crippen molar-refractivity contribution in [3.8, 4) is 5.75 Å². The number of hydrogen-bond donors (Lipinski definition) is 0. The van der Waals surface area contributed by atoms with Crippen molar-refractivity contribution in [2.75, 3.05) is 13.6 Å². The summed E-state index contributed by atoms with van der Waals surface area (Å²) in [6, 6.07) is 15.9. The number of Topliss-reactive ketones (excluding diaryl/α,β-unsaturated/α-hetero) is 1. The number of amides is 1. The highest BCUT2D eigenvalue weighted by Gasteiger charge is 2.25. The molecule has 3 rings (SSSR count). The molecular formula is C23H21N3O4. The van der Waals surface area contributed by atoms with E-state index in [9.17, 15) is 14.4 Å². The van der Waals surface area contributed by atoms with Crippen LogP contribution in [0.4, 0.5) is 16.2 Å². The van der Waals surface area contributed by atoms with E-state index in [4.69, 9.17) is 4.74 Å². The van der Waals surface area contributed by atoms with Crippen molar-refractivity contribution in [1.82, 2.24) is 4.90 Å². The normalized spacial score (nSPS) is 14.2. The summed E-state index contributed by atoms with van der Waals surface area (Å²) in [6.07, 6.45) is 0.660. The number of rotatable bonds is 5. The number of azo groups is 1. The second-order valence-corrected chi connectivity index (χ2v) is 6.88. The number of carbonyl (C=O) groups is 3. The van der Waals surface area contributed by atoms with Crippen molar-refractivity contribution in [1.29, 1.82) is 0 Å². The number of ketones is 2. The highest BCUT2D eigenvalue weighted by molar-refractivity contribution is 6.22. The molecule has 0 unspecified atom stereocenters.